The van der Waals surface area contributed by atoms with E-state index in [4.69, 9.17) is 5.73 Å². The second-order valence-corrected chi connectivity index (χ2v) is 6.82. The molecular formula is C11H21N5O2S. The highest BCUT2D eigenvalue weighted by molar-refractivity contribution is 7.89. The first kappa shape index (κ1) is 14.3. The van der Waals surface area contributed by atoms with Gasteiger partial charge in [0.15, 0.2) is 5.82 Å². The Hall–Kier alpha value is -1.12. The molecule has 0 radical (unpaired) electrons. The molecule has 1 fully saturated rings. The molecular weight excluding hydrogens is 266 g/mol. The van der Waals surface area contributed by atoms with Crippen molar-refractivity contribution >= 4 is 15.8 Å². The van der Waals surface area contributed by atoms with Crippen LogP contribution in [0.3, 0.4) is 0 Å². The molecule has 7 nitrogen and oxygen atoms in total. The third-order valence-corrected chi connectivity index (χ3v) is 5.47. The van der Waals surface area contributed by atoms with E-state index in [0.717, 1.165) is 13.1 Å². The molecule has 0 amide bonds. The van der Waals surface area contributed by atoms with E-state index in [2.05, 4.69) is 10.00 Å². The molecule has 1 atom stereocenters. The van der Waals surface area contributed by atoms with E-state index >= 15 is 0 Å². The molecule has 1 aliphatic rings. The zero-order valence-corrected chi connectivity index (χ0v) is 12.4. The van der Waals surface area contributed by atoms with Crippen molar-refractivity contribution in [1.29, 1.82) is 0 Å². The number of sulfonamides is 1. The van der Waals surface area contributed by atoms with Gasteiger partial charge in [-0.1, -0.05) is 0 Å². The number of nitrogen functional groups attached to an aromatic ring is 1. The lowest BCUT2D eigenvalue weighted by atomic mass is 10.2. The Kier molecular flexibility index (Phi) is 3.84. The maximum atomic E-state index is 12.6. The Bertz CT molecular complexity index is 553. The Labute approximate surface area is 114 Å². The summed E-state index contributed by atoms with van der Waals surface area (Å²) in [4.78, 5) is 2.24. The number of hydrogen-bond acceptors (Lipinski definition) is 5. The number of aryl methyl sites for hydroxylation is 1. The third kappa shape index (κ3) is 2.60. The summed E-state index contributed by atoms with van der Waals surface area (Å²) in [6.45, 7) is 6.33. The van der Waals surface area contributed by atoms with Gasteiger partial charge in [0, 0.05) is 38.4 Å². The van der Waals surface area contributed by atoms with E-state index in [1.807, 2.05) is 20.9 Å². The molecule has 1 aromatic rings. The maximum Gasteiger partial charge on any atom is 0.248 e. The number of rotatable bonds is 3. The number of likely N-dealkylation sites (N-methyl/N-ethyl adjacent to an activating group) is 1. The fraction of sp³-hybridized carbons (Fsp3) is 0.727. The van der Waals surface area contributed by atoms with Crippen molar-refractivity contribution in [3.05, 3.63) is 6.20 Å². The van der Waals surface area contributed by atoms with Gasteiger partial charge in [0.1, 0.15) is 4.90 Å². The lowest BCUT2D eigenvalue weighted by Crippen LogP contribution is -2.52. The Balaban J connectivity index is 2.34. The minimum atomic E-state index is -3.56. The van der Waals surface area contributed by atoms with Crippen molar-refractivity contribution in [2.75, 3.05) is 32.4 Å². The molecule has 0 aliphatic carbocycles. The normalized spacial score (nSPS) is 22.8. The van der Waals surface area contributed by atoms with E-state index in [0.29, 0.717) is 13.1 Å². The van der Waals surface area contributed by atoms with Crippen LogP contribution in [0.1, 0.15) is 13.8 Å². The molecule has 19 heavy (non-hydrogen) atoms. The smallest absolute Gasteiger partial charge is 0.248 e. The van der Waals surface area contributed by atoms with Crippen LogP contribution in [0.25, 0.3) is 0 Å². The number of hydrogen-bond donors (Lipinski definition) is 1. The summed E-state index contributed by atoms with van der Waals surface area (Å²) in [5, 5.41) is 4.01. The highest BCUT2D eigenvalue weighted by Gasteiger charge is 2.35. The topological polar surface area (TPSA) is 84.5 Å². The second kappa shape index (κ2) is 5.10. The van der Waals surface area contributed by atoms with Crippen LogP contribution in [-0.2, 0) is 16.6 Å². The molecule has 2 rings (SSSR count). The molecule has 1 aromatic heterocycles. The van der Waals surface area contributed by atoms with E-state index in [-0.39, 0.29) is 16.8 Å². The van der Waals surface area contributed by atoms with Crippen molar-refractivity contribution in [1.82, 2.24) is 19.0 Å². The molecule has 0 aromatic carbocycles. The number of piperazine rings is 1. The van der Waals surface area contributed by atoms with Crippen molar-refractivity contribution in [2.45, 2.75) is 31.3 Å². The Morgan fingerprint density at radius 1 is 1.47 bits per heavy atom. The average Bonchev–Trinajstić information content (AvgIpc) is 2.70. The van der Waals surface area contributed by atoms with Gasteiger partial charge in [-0.2, -0.15) is 9.40 Å². The molecule has 1 saturated heterocycles. The van der Waals surface area contributed by atoms with Gasteiger partial charge in [-0.05, 0) is 20.9 Å². The van der Waals surface area contributed by atoms with Crippen molar-refractivity contribution in [3.8, 4) is 0 Å². The molecule has 0 spiro atoms. The SMILES string of the molecule is CCn1cc(S(=O)(=O)N2CCN(C)CC2C)c(N)n1. The van der Waals surface area contributed by atoms with Gasteiger partial charge in [0.2, 0.25) is 10.0 Å². The molecule has 1 unspecified atom stereocenters. The van der Waals surface area contributed by atoms with Crippen LogP contribution in [0.4, 0.5) is 5.82 Å². The number of nitrogens with zero attached hydrogens (tertiary/aromatic N) is 4. The number of anilines is 1. The molecule has 0 bridgehead atoms. The van der Waals surface area contributed by atoms with E-state index in [1.54, 1.807) is 4.68 Å². The number of aromatic nitrogens is 2. The van der Waals surface area contributed by atoms with Crippen LogP contribution < -0.4 is 5.73 Å². The van der Waals surface area contributed by atoms with E-state index in [9.17, 15) is 8.42 Å². The van der Waals surface area contributed by atoms with Gasteiger partial charge in [0.05, 0.1) is 0 Å². The summed E-state index contributed by atoms with van der Waals surface area (Å²) < 4.78 is 28.3. The van der Waals surface area contributed by atoms with Gasteiger partial charge in [0.25, 0.3) is 0 Å². The predicted octanol–water partition coefficient (Wildman–Crippen LogP) is -0.190. The van der Waals surface area contributed by atoms with Crippen LogP contribution in [0.15, 0.2) is 11.1 Å². The highest BCUT2D eigenvalue weighted by Crippen LogP contribution is 2.24. The standard InChI is InChI=1S/C11H21N5O2S/c1-4-15-8-10(11(12)13-15)19(17,18)16-6-5-14(3)7-9(16)2/h8-9H,4-7H2,1-3H3,(H2,12,13). The third-order valence-electron chi connectivity index (χ3n) is 3.44. The molecule has 8 heteroatoms. The molecule has 1 aliphatic heterocycles. The van der Waals surface area contributed by atoms with Gasteiger partial charge < -0.3 is 10.6 Å². The van der Waals surface area contributed by atoms with Crippen molar-refractivity contribution in [2.24, 2.45) is 0 Å². The predicted molar refractivity (Wildman–Crippen MR) is 73.2 cm³/mol. The summed E-state index contributed by atoms with van der Waals surface area (Å²) in [7, 11) is -1.57. The highest BCUT2D eigenvalue weighted by atomic mass is 32.2. The first-order valence-electron chi connectivity index (χ1n) is 6.39. The van der Waals surface area contributed by atoms with Crippen LogP contribution >= 0.6 is 0 Å². The Morgan fingerprint density at radius 3 is 2.68 bits per heavy atom. The first-order chi connectivity index (χ1) is 8.86. The molecule has 2 N–H and O–H groups in total. The van der Waals surface area contributed by atoms with Gasteiger partial charge in [-0.25, -0.2) is 8.42 Å². The quantitative estimate of drug-likeness (QED) is 0.833. The van der Waals surface area contributed by atoms with Crippen LogP contribution in [0.5, 0.6) is 0 Å². The van der Waals surface area contributed by atoms with Crippen LogP contribution in [-0.4, -0.2) is 60.1 Å². The van der Waals surface area contributed by atoms with Crippen molar-refractivity contribution < 1.29 is 8.42 Å². The maximum absolute atomic E-state index is 12.6. The zero-order valence-electron chi connectivity index (χ0n) is 11.6. The Morgan fingerprint density at radius 2 is 2.16 bits per heavy atom. The summed E-state index contributed by atoms with van der Waals surface area (Å²) in [5.41, 5.74) is 5.73. The summed E-state index contributed by atoms with van der Waals surface area (Å²) in [6, 6.07) is -0.0619. The van der Waals surface area contributed by atoms with Crippen LogP contribution in [0, 0.1) is 0 Å². The number of nitrogens with two attached hydrogens (primary N) is 1. The first-order valence-corrected chi connectivity index (χ1v) is 7.83. The van der Waals surface area contributed by atoms with Crippen LogP contribution in [0.2, 0.25) is 0 Å². The molecule has 2 heterocycles. The fourth-order valence-electron chi connectivity index (χ4n) is 2.39. The van der Waals surface area contributed by atoms with Gasteiger partial charge in [-0.15, -0.1) is 0 Å². The average molecular weight is 287 g/mol. The minimum Gasteiger partial charge on any atom is -0.381 e. The summed E-state index contributed by atoms with van der Waals surface area (Å²) in [6.07, 6.45) is 1.51. The largest absolute Gasteiger partial charge is 0.381 e. The lowest BCUT2D eigenvalue weighted by molar-refractivity contribution is 0.170. The monoisotopic (exact) mass is 287 g/mol. The second-order valence-electron chi connectivity index (χ2n) is 4.96. The fourth-order valence-corrected chi connectivity index (χ4v) is 4.06. The van der Waals surface area contributed by atoms with E-state index in [1.165, 1.54) is 10.5 Å². The van der Waals surface area contributed by atoms with Crippen molar-refractivity contribution in [3.63, 3.8) is 0 Å². The van der Waals surface area contributed by atoms with Gasteiger partial charge >= 0.3 is 0 Å². The van der Waals surface area contributed by atoms with E-state index < -0.39 is 10.0 Å². The van der Waals surface area contributed by atoms with Gasteiger partial charge in [-0.3, -0.25) is 4.68 Å². The summed E-state index contributed by atoms with van der Waals surface area (Å²) >= 11 is 0. The zero-order chi connectivity index (χ0) is 14.2. The molecule has 0 saturated carbocycles. The minimum absolute atomic E-state index is 0.0619. The summed E-state index contributed by atoms with van der Waals surface area (Å²) in [5.74, 6) is 0.0768. The molecule has 108 valence electrons. The lowest BCUT2D eigenvalue weighted by Gasteiger charge is -2.36.